The number of benzene rings is 1. The Bertz CT molecular complexity index is 390. The Morgan fingerprint density at radius 3 is 2.73 bits per heavy atom. The lowest BCUT2D eigenvalue weighted by atomic mass is 9.76. The van der Waals surface area contributed by atoms with Gasteiger partial charge in [0.15, 0.2) is 5.78 Å². The van der Waals surface area contributed by atoms with Gasteiger partial charge in [0.2, 0.25) is 0 Å². The Kier molecular flexibility index (Phi) is 2.64. The molecule has 1 nitrogen and oxygen atoms in total. The van der Waals surface area contributed by atoms with E-state index >= 15 is 0 Å². The number of ketones is 1. The van der Waals surface area contributed by atoms with E-state index in [1.165, 1.54) is 11.1 Å². The molecule has 0 bridgehead atoms. The van der Waals surface area contributed by atoms with Crippen molar-refractivity contribution in [2.24, 2.45) is 5.92 Å². The predicted molar refractivity (Wildman–Crippen MR) is 62.3 cm³/mol. The zero-order valence-electron chi connectivity index (χ0n) is 9.71. The molecule has 2 rings (SSSR count). The van der Waals surface area contributed by atoms with Crippen LogP contribution in [-0.2, 0) is 0 Å². The van der Waals surface area contributed by atoms with Crippen LogP contribution in [0.3, 0.4) is 0 Å². The highest BCUT2D eigenvalue weighted by atomic mass is 16.1. The predicted octanol–water partition coefficient (Wildman–Crippen LogP) is 3.71. The van der Waals surface area contributed by atoms with Crippen molar-refractivity contribution in [1.82, 2.24) is 0 Å². The Labute approximate surface area is 91.5 Å². The van der Waals surface area contributed by atoms with E-state index in [1.54, 1.807) is 0 Å². The van der Waals surface area contributed by atoms with Crippen LogP contribution in [0.15, 0.2) is 18.2 Å². The first-order chi connectivity index (χ1) is 7.09. The van der Waals surface area contributed by atoms with Crippen molar-refractivity contribution in [3.63, 3.8) is 0 Å². The number of carbonyl (C=O) groups is 1. The molecule has 0 radical (unpaired) electrons. The third-order valence-corrected chi connectivity index (χ3v) is 3.39. The summed E-state index contributed by atoms with van der Waals surface area (Å²) in [6, 6.07) is 6.23. The summed E-state index contributed by atoms with van der Waals surface area (Å²) in [6.07, 6.45) is 1.74. The Hall–Kier alpha value is -1.11. The van der Waals surface area contributed by atoms with E-state index in [-0.39, 0.29) is 0 Å². The van der Waals surface area contributed by atoms with Gasteiger partial charge in [-0.1, -0.05) is 37.6 Å². The maximum atomic E-state index is 11.8. The van der Waals surface area contributed by atoms with E-state index in [4.69, 9.17) is 0 Å². The van der Waals surface area contributed by atoms with Gasteiger partial charge in [-0.3, -0.25) is 4.79 Å². The molecule has 0 aliphatic heterocycles. The number of carbonyl (C=O) groups excluding carboxylic acids is 1. The minimum atomic E-state index is 0.321. The van der Waals surface area contributed by atoms with Crippen molar-refractivity contribution in [3.05, 3.63) is 34.9 Å². The lowest BCUT2D eigenvalue weighted by Crippen LogP contribution is -2.19. The molecule has 0 saturated carbocycles. The van der Waals surface area contributed by atoms with E-state index in [0.717, 1.165) is 18.4 Å². The number of hydrogen-bond acceptors (Lipinski definition) is 1. The Morgan fingerprint density at radius 1 is 1.33 bits per heavy atom. The normalized spacial score (nSPS) is 20.5. The summed E-state index contributed by atoms with van der Waals surface area (Å²) >= 11 is 0. The summed E-state index contributed by atoms with van der Waals surface area (Å²) in [5, 5.41) is 0. The minimum absolute atomic E-state index is 0.321. The van der Waals surface area contributed by atoms with Crippen molar-refractivity contribution in [1.29, 1.82) is 0 Å². The van der Waals surface area contributed by atoms with Crippen LogP contribution in [0, 0.1) is 12.8 Å². The maximum Gasteiger partial charge on any atom is 0.163 e. The fourth-order valence-corrected chi connectivity index (χ4v) is 2.51. The van der Waals surface area contributed by atoms with E-state index in [2.05, 4.69) is 26.8 Å². The molecule has 0 amide bonds. The van der Waals surface area contributed by atoms with Gasteiger partial charge >= 0.3 is 0 Å². The summed E-state index contributed by atoms with van der Waals surface area (Å²) in [4.78, 5) is 11.8. The van der Waals surface area contributed by atoms with Gasteiger partial charge in [-0.05, 0) is 30.7 Å². The second-order valence-electron chi connectivity index (χ2n) is 4.90. The highest BCUT2D eigenvalue weighted by Crippen LogP contribution is 2.36. The standard InChI is InChI=1S/C14H18O/c1-9(2)11-6-7-14(15)12-5-4-10(3)8-13(11)12/h4-5,8-9,11H,6-7H2,1-3H3/t11-/m1/s1. The molecule has 1 aromatic rings. The molecule has 0 N–H and O–H groups in total. The van der Waals surface area contributed by atoms with E-state index < -0.39 is 0 Å². The van der Waals surface area contributed by atoms with Crippen molar-refractivity contribution in [2.75, 3.05) is 0 Å². The fraction of sp³-hybridized carbons (Fsp3) is 0.500. The molecule has 0 saturated heterocycles. The summed E-state index contributed by atoms with van der Waals surface area (Å²) in [7, 11) is 0. The SMILES string of the molecule is Cc1ccc2c(c1)[C@@H](C(C)C)CCC2=O. The van der Waals surface area contributed by atoms with Gasteiger partial charge in [-0.25, -0.2) is 0 Å². The van der Waals surface area contributed by atoms with Crippen LogP contribution in [0.5, 0.6) is 0 Å². The van der Waals surface area contributed by atoms with Gasteiger partial charge < -0.3 is 0 Å². The number of Topliss-reactive ketones (excluding diaryl/α,β-unsaturated/α-hetero) is 1. The Morgan fingerprint density at radius 2 is 2.07 bits per heavy atom. The number of aryl methyl sites for hydroxylation is 1. The molecule has 0 fully saturated rings. The highest BCUT2D eigenvalue weighted by Gasteiger charge is 2.27. The zero-order valence-corrected chi connectivity index (χ0v) is 9.71. The molecule has 0 spiro atoms. The largest absolute Gasteiger partial charge is 0.294 e. The molecule has 1 aliphatic carbocycles. The van der Waals surface area contributed by atoms with Gasteiger partial charge in [0, 0.05) is 12.0 Å². The quantitative estimate of drug-likeness (QED) is 0.678. The highest BCUT2D eigenvalue weighted by molar-refractivity contribution is 5.98. The Balaban J connectivity index is 2.51. The summed E-state index contributed by atoms with van der Waals surface area (Å²) in [5.41, 5.74) is 3.50. The first kappa shape index (κ1) is 10.4. The molecule has 1 aromatic carbocycles. The molecule has 0 aromatic heterocycles. The second kappa shape index (κ2) is 3.80. The van der Waals surface area contributed by atoms with E-state index in [1.807, 2.05) is 12.1 Å². The zero-order chi connectivity index (χ0) is 11.0. The topological polar surface area (TPSA) is 17.1 Å². The maximum absolute atomic E-state index is 11.8. The molecule has 0 unspecified atom stereocenters. The molecule has 1 atom stereocenters. The second-order valence-corrected chi connectivity index (χ2v) is 4.90. The first-order valence-corrected chi connectivity index (χ1v) is 5.73. The first-order valence-electron chi connectivity index (χ1n) is 5.73. The van der Waals surface area contributed by atoms with Gasteiger partial charge in [0.05, 0.1) is 0 Å². The summed E-state index contributed by atoms with van der Waals surface area (Å²) in [5.74, 6) is 1.51. The van der Waals surface area contributed by atoms with Gasteiger partial charge in [0.1, 0.15) is 0 Å². The molecule has 1 heteroatoms. The molecular weight excluding hydrogens is 184 g/mol. The molecule has 80 valence electrons. The fourth-order valence-electron chi connectivity index (χ4n) is 2.51. The van der Waals surface area contributed by atoms with Crippen molar-refractivity contribution in [2.45, 2.75) is 39.5 Å². The molecule has 1 aliphatic rings. The van der Waals surface area contributed by atoms with Crippen LogP contribution in [0.4, 0.5) is 0 Å². The van der Waals surface area contributed by atoms with Crippen LogP contribution < -0.4 is 0 Å². The number of fused-ring (bicyclic) bond motifs is 1. The number of rotatable bonds is 1. The third kappa shape index (κ3) is 1.83. The molecule has 0 heterocycles. The third-order valence-electron chi connectivity index (χ3n) is 3.39. The molecular formula is C14H18O. The van der Waals surface area contributed by atoms with Gasteiger partial charge in [0.25, 0.3) is 0 Å². The minimum Gasteiger partial charge on any atom is -0.294 e. The van der Waals surface area contributed by atoms with Crippen LogP contribution >= 0.6 is 0 Å². The van der Waals surface area contributed by atoms with Gasteiger partial charge in [-0.15, -0.1) is 0 Å². The lowest BCUT2D eigenvalue weighted by molar-refractivity contribution is 0.0963. The average Bonchev–Trinajstić information content (AvgIpc) is 2.17. The monoisotopic (exact) mass is 202 g/mol. The van der Waals surface area contributed by atoms with Gasteiger partial charge in [-0.2, -0.15) is 0 Å². The van der Waals surface area contributed by atoms with E-state index in [9.17, 15) is 4.79 Å². The number of hydrogen-bond donors (Lipinski definition) is 0. The van der Waals surface area contributed by atoms with Crippen LogP contribution in [0.2, 0.25) is 0 Å². The van der Waals surface area contributed by atoms with Crippen LogP contribution in [-0.4, -0.2) is 5.78 Å². The van der Waals surface area contributed by atoms with Crippen molar-refractivity contribution in [3.8, 4) is 0 Å². The van der Waals surface area contributed by atoms with Crippen molar-refractivity contribution < 1.29 is 4.79 Å². The van der Waals surface area contributed by atoms with Crippen LogP contribution in [0.25, 0.3) is 0 Å². The smallest absolute Gasteiger partial charge is 0.163 e. The van der Waals surface area contributed by atoms with Crippen LogP contribution in [0.1, 0.15) is 54.1 Å². The van der Waals surface area contributed by atoms with E-state index in [0.29, 0.717) is 17.6 Å². The summed E-state index contributed by atoms with van der Waals surface area (Å²) < 4.78 is 0. The summed E-state index contributed by atoms with van der Waals surface area (Å²) in [6.45, 7) is 6.58. The lowest BCUT2D eigenvalue weighted by Gasteiger charge is -2.28. The molecule has 15 heavy (non-hydrogen) atoms. The van der Waals surface area contributed by atoms with Crippen molar-refractivity contribution >= 4 is 5.78 Å². The average molecular weight is 202 g/mol.